The first-order chi connectivity index (χ1) is 6.84. The highest BCUT2D eigenvalue weighted by molar-refractivity contribution is 5.18. The zero-order valence-electron chi connectivity index (χ0n) is 8.95. The Hall–Kier alpha value is -1.04. The van der Waals surface area contributed by atoms with Crippen molar-refractivity contribution < 1.29 is 0 Å². The minimum absolute atomic E-state index is 0.658. The van der Waals surface area contributed by atoms with Crippen LogP contribution in [0.5, 0.6) is 0 Å². The van der Waals surface area contributed by atoms with E-state index in [-0.39, 0.29) is 0 Å². The van der Waals surface area contributed by atoms with E-state index in [1.807, 2.05) is 0 Å². The minimum atomic E-state index is 0.658. The lowest BCUT2D eigenvalue weighted by Crippen LogP contribution is -1.91. The Kier molecular flexibility index (Phi) is 5.06. The van der Waals surface area contributed by atoms with Gasteiger partial charge in [0.2, 0.25) is 0 Å². The quantitative estimate of drug-likeness (QED) is 0.601. The van der Waals surface area contributed by atoms with Crippen LogP contribution in [0.4, 0.5) is 0 Å². The third kappa shape index (κ3) is 3.78. The minimum Gasteiger partial charge on any atom is -0.0885 e. The lowest BCUT2D eigenvalue weighted by molar-refractivity contribution is 0.690. The lowest BCUT2D eigenvalue weighted by Gasteiger charge is -2.09. The molecule has 1 aromatic rings. The molecular formula is C14H19. The Morgan fingerprint density at radius 3 is 2.57 bits per heavy atom. The SMILES string of the molecule is [CH2]CC=CCCC(C)c1ccccc1. The topological polar surface area (TPSA) is 0 Å². The van der Waals surface area contributed by atoms with Crippen LogP contribution in [0.25, 0.3) is 0 Å². The number of allylic oxidation sites excluding steroid dienone is 2. The van der Waals surface area contributed by atoms with Crippen LogP contribution in [0.1, 0.15) is 37.7 Å². The fourth-order valence-corrected chi connectivity index (χ4v) is 1.53. The van der Waals surface area contributed by atoms with E-state index in [0.717, 1.165) is 12.8 Å². The molecule has 1 atom stereocenters. The summed E-state index contributed by atoms with van der Waals surface area (Å²) in [6, 6.07) is 10.7. The normalized spacial score (nSPS) is 13.3. The molecule has 0 aliphatic carbocycles. The second kappa shape index (κ2) is 6.42. The Morgan fingerprint density at radius 1 is 1.21 bits per heavy atom. The molecule has 1 radical (unpaired) electrons. The molecule has 0 bridgehead atoms. The van der Waals surface area contributed by atoms with Crippen LogP contribution in [0.15, 0.2) is 42.5 Å². The van der Waals surface area contributed by atoms with Gasteiger partial charge in [0.1, 0.15) is 0 Å². The standard InChI is InChI=1S/C14H19/c1-3-4-5-7-10-13(2)14-11-8-6-9-12-14/h4-6,8-9,11-13H,1,3,7,10H2,2H3. The van der Waals surface area contributed by atoms with Crippen molar-refractivity contribution in [3.05, 3.63) is 55.0 Å². The van der Waals surface area contributed by atoms with Gasteiger partial charge in [-0.25, -0.2) is 0 Å². The second-order valence-electron chi connectivity index (χ2n) is 3.65. The average molecular weight is 187 g/mol. The van der Waals surface area contributed by atoms with E-state index in [1.54, 1.807) is 0 Å². The van der Waals surface area contributed by atoms with Crippen molar-refractivity contribution in [1.82, 2.24) is 0 Å². The van der Waals surface area contributed by atoms with Gasteiger partial charge in [-0.15, -0.1) is 0 Å². The Labute approximate surface area is 87.7 Å². The molecule has 14 heavy (non-hydrogen) atoms. The van der Waals surface area contributed by atoms with E-state index in [9.17, 15) is 0 Å². The molecule has 0 amide bonds. The molecule has 0 heterocycles. The average Bonchev–Trinajstić information content (AvgIpc) is 2.25. The van der Waals surface area contributed by atoms with Crippen molar-refractivity contribution in [1.29, 1.82) is 0 Å². The van der Waals surface area contributed by atoms with Crippen molar-refractivity contribution in [2.75, 3.05) is 0 Å². The van der Waals surface area contributed by atoms with Gasteiger partial charge in [-0.2, -0.15) is 0 Å². The molecule has 0 aliphatic heterocycles. The predicted octanol–water partition coefficient (Wildman–Crippen LogP) is 4.35. The van der Waals surface area contributed by atoms with Crippen LogP contribution in [0, 0.1) is 6.92 Å². The van der Waals surface area contributed by atoms with Crippen LogP contribution in [0.3, 0.4) is 0 Å². The first-order valence-electron chi connectivity index (χ1n) is 5.33. The molecule has 75 valence electrons. The lowest BCUT2D eigenvalue weighted by atomic mass is 9.96. The Bertz CT molecular complexity index is 259. The summed E-state index contributed by atoms with van der Waals surface area (Å²) in [5.41, 5.74) is 1.44. The van der Waals surface area contributed by atoms with Gasteiger partial charge in [-0.3, -0.25) is 0 Å². The van der Waals surface area contributed by atoms with Crippen LogP contribution in [-0.2, 0) is 0 Å². The van der Waals surface area contributed by atoms with E-state index in [0.29, 0.717) is 5.92 Å². The fourth-order valence-electron chi connectivity index (χ4n) is 1.53. The molecule has 0 nitrogen and oxygen atoms in total. The van der Waals surface area contributed by atoms with E-state index < -0.39 is 0 Å². The smallest absolute Gasteiger partial charge is 0.0187 e. The van der Waals surface area contributed by atoms with Crippen LogP contribution in [-0.4, -0.2) is 0 Å². The summed E-state index contributed by atoms with van der Waals surface area (Å²) in [4.78, 5) is 0. The molecule has 0 heteroatoms. The van der Waals surface area contributed by atoms with Crippen molar-refractivity contribution in [2.24, 2.45) is 0 Å². The van der Waals surface area contributed by atoms with E-state index in [1.165, 1.54) is 12.0 Å². The van der Waals surface area contributed by atoms with E-state index in [4.69, 9.17) is 0 Å². The van der Waals surface area contributed by atoms with Gasteiger partial charge in [-0.1, -0.05) is 49.4 Å². The fraction of sp³-hybridized carbons (Fsp3) is 0.357. The van der Waals surface area contributed by atoms with Crippen LogP contribution < -0.4 is 0 Å². The number of rotatable bonds is 5. The third-order valence-electron chi connectivity index (χ3n) is 2.47. The molecule has 1 unspecified atom stereocenters. The number of benzene rings is 1. The largest absolute Gasteiger partial charge is 0.0885 e. The zero-order valence-corrected chi connectivity index (χ0v) is 8.95. The molecule has 0 N–H and O–H groups in total. The molecule has 0 fully saturated rings. The van der Waals surface area contributed by atoms with Crippen LogP contribution >= 0.6 is 0 Å². The highest BCUT2D eigenvalue weighted by atomic mass is 14.1. The van der Waals surface area contributed by atoms with Gasteiger partial charge in [0.25, 0.3) is 0 Å². The molecule has 1 aromatic carbocycles. The second-order valence-corrected chi connectivity index (χ2v) is 3.65. The maximum absolute atomic E-state index is 3.77. The van der Waals surface area contributed by atoms with Gasteiger partial charge >= 0.3 is 0 Å². The van der Waals surface area contributed by atoms with Gasteiger partial charge in [0.05, 0.1) is 0 Å². The Balaban J connectivity index is 2.36. The maximum Gasteiger partial charge on any atom is -0.0187 e. The van der Waals surface area contributed by atoms with E-state index in [2.05, 4.69) is 56.3 Å². The summed E-state index contributed by atoms with van der Waals surface area (Å²) in [5.74, 6) is 0.658. The Morgan fingerprint density at radius 2 is 1.93 bits per heavy atom. The molecule has 1 rings (SSSR count). The van der Waals surface area contributed by atoms with Crippen LogP contribution in [0.2, 0.25) is 0 Å². The summed E-state index contributed by atoms with van der Waals surface area (Å²) in [5, 5.41) is 0. The molecule has 0 aliphatic rings. The highest BCUT2D eigenvalue weighted by Gasteiger charge is 2.02. The maximum atomic E-state index is 3.77. The highest BCUT2D eigenvalue weighted by Crippen LogP contribution is 2.19. The first kappa shape index (κ1) is 11.0. The zero-order chi connectivity index (χ0) is 10.2. The van der Waals surface area contributed by atoms with Crippen molar-refractivity contribution in [2.45, 2.75) is 32.1 Å². The summed E-state index contributed by atoms with van der Waals surface area (Å²) in [7, 11) is 0. The number of hydrogen-bond donors (Lipinski definition) is 0. The van der Waals surface area contributed by atoms with Gasteiger partial charge in [0.15, 0.2) is 0 Å². The number of hydrogen-bond acceptors (Lipinski definition) is 0. The van der Waals surface area contributed by atoms with Crippen molar-refractivity contribution in [3.63, 3.8) is 0 Å². The molecule has 0 saturated carbocycles. The summed E-state index contributed by atoms with van der Waals surface area (Å²) < 4.78 is 0. The summed E-state index contributed by atoms with van der Waals surface area (Å²) in [6.07, 6.45) is 7.65. The monoisotopic (exact) mass is 187 g/mol. The third-order valence-corrected chi connectivity index (χ3v) is 2.47. The van der Waals surface area contributed by atoms with Gasteiger partial charge in [-0.05, 0) is 37.7 Å². The van der Waals surface area contributed by atoms with E-state index >= 15 is 0 Å². The van der Waals surface area contributed by atoms with Crippen molar-refractivity contribution >= 4 is 0 Å². The summed E-state index contributed by atoms with van der Waals surface area (Å²) in [6.45, 7) is 6.06. The molecule has 0 saturated heterocycles. The first-order valence-corrected chi connectivity index (χ1v) is 5.33. The van der Waals surface area contributed by atoms with Gasteiger partial charge < -0.3 is 0 Å². The molecule has 0 spiro atoms. The molecule has 0 aromatic heterocycles. The van der Waals surface area contributed by atoms with Crippen molar-refractivity contribution in [3.8, 4) is 0 Å². The van der Waals surface area contributed by atoms with Gasteiger partial charge in [0, 0.05) is 0 Å². The predicted molar refractivity (Wildman–Crippen MR) is 63.2 cm³/mol. The summed E-state index contributed by atoms with van der Waals surface area (Å²) >= 11 is 0. The molecular weight excluding hydrogens is 168 g/mol.